The Kier molecular flexibility index (Phi) is 13.3. The Labute approximate surface area is 261 Å². The van der Waals surface area contributed by atoms with Crippen LogP contribution in [0.1, 0.15) is 56.2 Å². The van der Waals surface area contributed by atoms with E-state index in [1.807, 2.05) is 47.5 Å². The van der Waals surface area contributed by atoms with Gasteiger partial charge in [0, 0.05) is 43.3 Å². The predicted molar refractivity (Wildman–Crippen MR) is 177 cm³/mol. The topological polar surface area (TPSA) is 126 Å². The standard InChI is InChI=1S/C35H49N5O4/c1-44-33-16-10-27(11-17-33)18-19-40-32(9-5-8-30(24-34(36)43)37-25-28-6-3-2-4-7-28)26-38-35(40)29-12-14-31(15-13-29)39(20-22-41)21-23-42/h5,9-17,26,28,30,37,41-42H,2-4,6-8,18-25H2,1H3,(H2,36,43)/b9-5-. The summed E-state index contributed by atoms with van der Waals surface area (Å²) in [6, 6.07) is 16.2. The van der Waals surface area contributed by atoms with Crippen LogP contribution >= 0.6 is 0 Å². The number of aliphatic hydroxyl groups is 2. The predicted octanol–water partition coefficient (Wildman–Crippen LogP) is 4.41. The maximum atomic E-state index is 11.8. The van der Waals surface area contributed by atoms with Crippen LogP contribution in [0.3, 0.4) is 0 Å². The van der Waals surface area contributed by atoms with E-state index >= 15 is 0 Å². The number of rotatable bonds is 18. The molecule has 1 aliphatic rings. The third-order valence-electron chi connectivity index (χ3n) is 8.48. The molecule has 238 valence electrons. The number of nitrogens with zero attached hydrogens (tertiary/aromatic N) is 3. The van der Waals surface area contributed by atoms with E-state index in [2.05, 4.69) is 34.2 Å². The van der Waals surface area contributed by atoms with E-state index in [-0.39, 0.29) is 25.2 Å². The Balaban J connectivity index is 1.53. The average Bonchev–Trinajstić information content (AvgIpc) is 3.45. The number of hydrogen-bond acceptors (Lipinski definition) is 7. The van der Waals surface area contributed by atoms with Gasteiger partial charge in [0.05, 0.1) is 32.2 Å². The first-order chi connectivity index (χ1) is 21.5. The van der Waals surface area contributed by atoms with Crippen molar-refractivity contribution in [2.45, 2.75) is 64.0 Å². The van der Waals surface area contributed by atoms with Gasteiger partial charge in [0.2, 0.25) is 5.91 Å². The van der Waals surface area contributed by atoms with Crippen LogP contribution in [0, 0.1) is 5.92 Å². The van der Waals surface area contributed by atoms with E-state index in [1.165, 1.54) is 37.7 Å². The Bertz CT molecular complexity index is 1290. The smallest absolute Gasteiger partial charge is 0.218 e. The summed E-state index contributed by atoms with van der Waals surface area (Å²) in [5.74, 6) is 2.09. The second kappa shape index (κ2) is 17.6. The van der Waals surface area contributed by atoms with Crippen LogP contribution in [-0.4, -0.2) is 71.7 Å². The first-order valence-corrected chi connectivity index (χ1v) is 15.9. The highest BCUT2D eigenvalue weighted by atomic mass is 16.5. The van der Waals surface area contributed by atoms with E-state index in [0.717, 1.165) is 48.0 Å². The second-order valence-electron chi connectivity index (χ2n) is 11.7. The van der Waals surface area contributed by atoms with Gasteiger partial charge in [0.15, 0.2) is 0 Å². The number of benzene rings is 2. The zero-order valence-corrected chi connectivity index (χ0v) is 26.0. The van der Waals surface area contributed by atoms with Gasteiger partial charge in [-0.15, -0.1) is 0 Å². The fourth-order valence-electron chi connectivity index (χ4n) is 6.01. The Morgan fingerprint density at radius 1 is 1.09 bits per heavy atom. The van der Waals surface area contributed by atoms with Gasteiger partial charge in [-0.3, -0.25) is 4.79 Å². The molecule has 4 rings (SSSR count). The molecule has 44 heavy (non-hydrogen) atoms. The van der Waals surface area contributed by atoms with Crippen molar-refractivity contribution in [2.75, 3.05) is 44.9 Å². The molecule has 1 fully saturated rings. The zero-order chi connectivity index (χ0) is 31.1. The molecular weight excluding hydrogens is 554 g/mol. The Hall–Kier alpha value is -3.66. The molecule has 1 aromatic heterocycles. The molecule has 0 aliphatic heterocycles. The van der Waals surface area contributed by atoms with E-state index in [4.69, 9.17) is 15.5 Å². The van der Waals surface area contributed by atoms with Gasteiger partial charge in [-0.25, -0.2) is 4.98 Å². The van der Waals surface area contributed by atoms with Crippen molar-refractivity contribution in [2.24, 2.45) is 11.7 Å². The minimum absolute atomic E-state index is 0.00847. The number of amides is 1. The third-order valence-corrected chi connectivity index (χ3v) is 8.48. The molecule has 9 heteroatoms. The molecule has 2 aromatic carbocycles. The van der Waals surface area contributed by atoms with Gasteiger partial charge in [0.1, 0.15) is 11.6 Å². The minimum atomic E-state index is -0.286. The number of methoxy groups -OCH3 is 1. The molecule has 1 heterocycles. The normalized spacial score (nSPS) is 14.6. The average molecular weight is 604 g/mol. The quantitative estimate of drug-likeness (QED) is 0.170. The summed E-state index contributed by atoms with van der Waals surface area (Å²) in [5.41, 5.74) is 9.71. The fourth-order valence-corrected chi connectivity index (χ4v) is 6.01. The van der Waals surface area contributed by atoms with Crippen molar-refractivity contribution < 1.29 is 19.7 Å². The second-order valence-corrected chi connectivity index (χ2v) is 11.7. The molecule has 0 spiro atoms. The van der Waals surface area contributed by atoms with Crippen molar-refractivity contribution in [3.8, 4) is 17.1 Å². The number of primary amides is 1. The zero-order valence-electron chi connectivity index (χ0n) is 26.0. The van der Waals surface area contributed by atoms with Gasteiger partial charge < -0.3 is 35.5 Å². The van der Waals surface area contributed by atoms with Crippen molar-refractivity contribution in [1.29, 1.82) is 0 Å². The lowest BCUT2D eigenvalue weighted by Gasteiger charge is -2.24. The van der Waals surface area contributed by atoms with Crippen molar-refractivity contribution in [1.82, 2.24) is 14.9 Å². The summed E-state index contributed by atoms with van der Waals surface area (Å²) in [5, 5.41) is 22.5. The molecule has 1 atom stereocenters. The SMILES string of the molecule is COc1ccc(CCn2c(/C=C\CC(CC(N)=O)NCC3CCCCC3)cnc2-c2ccc(N(CCO)CCO)cc2)cc1. The number of aryl methyl sites for hydroxylation is 1. The van der Waals surface area contributed by atoms with Gasteiger partial charge in [-0.2, -0.15) is 0 Å². The molecule has 1 saturated carbocycles. The molecule has 1 amide bonds. The van der Waals surface area contributed by atoms with Crippen LogP contribution < -0.4 is 20.7 Å². The van der Waals surface area contributed by atoms with Crippen LogP contribution in [-0.2, 0) is 17.8 Å². The summed E-state index contributed by atoms with van der Waals surface area (Å²) in [6.45, 7) is 2.61. The summed E-state index contributed by atoms with van der Waals surface area (Å²) in [7, 11) is 1.67. The van der Waals surface area contributed by atoms with Crippen LogP contribution in [0.2, 0.25) is 0 Å². The van der Waals surface area contributed by atoms with Crippen molar-refractivity contribution >= 4 is 17.7 Å². The molecule has 1 aliphatic carbocycles. The lowest BCUT2D eigenvalue weighted by molar-refractivity contribution is -0.118. The molecular formula is C35H49N5O4. The molecule has 1 unspecified atom stereocenters. The highest BCUT2D eigenvalue weighted by Gasteiger charge is 2.17. The first-order valence-electron chi connectivity index (χ1n) is 15.9. The molecule has 9 nitrogen and oxygen atoms in total. The number of carbonyl (C=O) groups excluding carboxylic acids is 1. The molecule has 0 saturated heterocycles. The van der Waals surface area contributed by atoms with Gasteiger partial charge in [-0.1, -0.05) is 37.5 Å². The molecule has 0 bridgehead atoms. The Morgan fingerprint density at radius 2 is 1.80 bits per heavy atom. The third kappa shape index (κ3) is 9.94. The van der Waals surface area contributed by atoms with Crippen molar-refractivity contribution in [3.05, 3.63) is 72.1 Å². The highest BCUT2D eigenvalue weighted by molar-refractivity contribution is 5.74. The number of ether oxygens (including phenoxy) is 1. The van der Waals surface area contributed by atoms with Crippen LogP contribution in [0.4, 0.5) is 5.69 Å². The number of anilines is 1. The largest absolute Gasteiger partial charge is 0.497 e. The van der Waals surface area contributed by atoms with Gasteiger partial charge >= 0.3 is 0 Å². The molecule has 0 radical (unpaired) electrons. The maximum absolute atomic E-state index is 11.8. The van der Waals surface area contributed by atoms with Gasteiger partial charge in [0.25, 0.3) is 0 Å². The number of hydrogen-bond donors (Lipinski definition) is 4. The van der Waals surface area contributed by atoms with Gasteiger partial charge in [-0.05, 0) is 86.2 Å². The van der Waals surface area contributed by atoms with E-state index < -0.39 is 0 Å². The molecule has 3 aromatic rings. The van der Waals surface area contributed by atoms with E-state index in [1.54, 1.807) is 7.11 Å². The fraction of sp³-hybridized carbons (Fsp3) is 0.486. The summed E-state index contributed by atoms with van der Waals surface area (Å²) in [4.78, 5) is 18.6. The minimum Gasteiger partial charge on any atom is -0.497 e. The lowest BCUT2D eigenvalue weighted by Crippen LogP contribution is -2.36. The number of nitrogens with one attached hydrogen (secondary N) is 1. The highest BCUT2D eigenvalue weighted by Crippen LogP contribution is 2.26. The van der Waals surface area contributed by atoms with Crippen LogP contribution in [0.5, 0.6) is 5.75 Å². The lowest BCUT2D eigenvalue weighted by atomic mass is 9.89. The number of nitrogens with two attached hydrogens (primary N) is 1. The number of carbonyl (C=O) groups is 1. The number of aromatic nitrogens is 2. The first kappa shape index (κ1) is 33.2. The number of imidazole rings is 1. The number of aliphatic hydroxyl groups excluding tert-OH is 2. The van der Waals surface area contributed by atoms with Crippen LogP contribution in [0.25, 0.3) is 17.5 Å². The van der Waals surface area contributed by atoms with E-state index in [9.17, 15) is 15.0 Å². The molecule has 5 N–H and O–H groups in total. The van der Waals surface area contributed by atoms with Crippen LogP contribution in [0.15, 0.2) is 60.8 Å². The van der Waals surface area contributed by atoms with Crippen molar-refractivity contribution in [3.63, 3.8) is 0 Å². The summed E-state index contributed by atoms with van der Waals surface area (Å²) < 4.78 is 7.55. The van der Waals surface area contributed by atoms with E-state index in [0.29, 0.717) is 31.8 Å². The maximum Gasteiger partial charge on any atom is 0.218 e. The monoisotopic (exact) mass is 603 g/mol. The Morgan fingerprint density at radius 3 is 2.43 bits per heavy atom. The summed E-state index contributed by atoms with van der Waals surface area (Å²) >= 11 is 0. The summed E-state index contributed by atoms with van der Waals surface area (Å²) in [6.07, 6.45) is 14.4.